The minimum atomic E-state index is -1.15. The van der Waals surface area contributed by atoms with E-state index in [9.17, 15) is 14.7 Å². The lowest BCUT2D eigenvalue weighted by molar-refractivity contribution is 0.0697. The number of nitrogens with one attached hydrogen (secondary N) is 2. The van der Waals surface area contributed by atoms with Gasteiger partial charge in [0.25, 0.3) is 5.91 Å². The third kappa shape index (κ3) is 5.14. The number of fused-ring (bicyclic) bond motifs is 1. The van der Waals surface area contributed by atoms with E-state index in [0.29, 0.717) is 33.1 Å². The van der Waals surface area contributed by atoms with Gasteiger partial charge in [-0.05, 0) is 59.5 Å². The van der Waals surface area contributed by atoms with Crippen LogP contribution in [0.25, 0.3) is 33.5 Å². The lowest BCUT2D eigenvalue weighted by Crippen LogP contribution is -2.28. The fourth-order valence-electron chi connectivity index (χ4n) is 4.57. The number of hydrogen-bond donors (Lipinski definition) is 3. The highest BCUT2D eigenvalue weighted by molar-refractivity contribution is 6.31. The maximum Gasteiger partial charge on any atom is 0.336 e. The molecular formula is C30H25ClN4O3. The van der Waals surface area contributed by atoms with Gasteiger partial charge in [-0.25, -0.2) is 9.78 Å². The topological polar surface area (TPSA) is 108 Å². The molecule has 3 aromatic carbocycles. The van der Waals surface area contributed by atoms with Crippen LogP contribution in [-0.4, -0.2) is 31.9 Å². The smallest absolute Gasteiger partial charge is 0.336 e. The number of aromatic amines is 1. The molecule has 5 rings (SSSR count). The average Bonchev–Trinajstić information content (AvgIpc) is 3.37. The summed E-state index contributed by atoms with van der Waals surface area (Å²) < 4.78 is 0. The number of benzene rings is 3. The molecule has 0 spiro atoms. The molecular weight excluding hydrogens is 500 g/mol. The van der Waals surface area contributed by atoms with Crippen molar-refractivity contribution in [3.8, 4) is 22.5 Å². The van der Waals surface area contributed by atoms with Gasteiger partial charge in [-0.2, -0.15) is 0 Å². The van der Waals surface area contributed by atoms with E-state index in [4.69, 9.17) is 11.6 Å². The number of nitrogens with zero attached hydrogens (tertiary/aromatic N) is 2. The molecule has 2 heterocycles. The van der Waals surface area contributed by atoms with Gasteiger partial charge in [-0.15, -0.1) is 0 Å². The summed E-state index contributed by atoms with van der Waals surface area (Å²) in [4.78, 5) is 37.6. The molecule has 0 aliphatic heterocycles. The van der Waals surface area contributed by atoms with Gasteiger partial charge in [0.15, 0.2) is 0 Å². The third-order valence-corrected chi connectivity index (χ3v) is 6.64. The van der Waals surface area contributed by atoms with Crippen LogP contribution < -0.4 is 5.32 Å². The van der Waals surface area contributed by atoms with Gasteiger partial charge in [-0.1, -0.05) is 61.3 Å². The first-order valence-corrected chi connectivity index (χ1v) is 12.7. The van der Waals surface area contributed by atoms with Gasteiger partial charge in [0.1, 0.15) is 11.3 Å². The second-order valence-corrected chi connectivity index (χ2v) is 9.40. The highest BCUT2D eigenvalue weighted by atomic mass is 35.5. The number of carbonyl (C=O) groups excluding carboxylic acids is 1. The molecule has 5 aromatic rings. The summed E-state index contributed by atoms with van der Waals surface area (Å²) >= 11 is 6.34. The normalized spacial score (nSPS) is 11.8. The Morgan fingerprint density at radius 2 is 1.79 bits per heavy atom. The minimum Gasteiger partial charge on any atom is -0.478 e. The van der Waals surface area contributed by atoms with Crippen molar-refractivity contribution in [3.05, 3.63) is 107 Å². The molecule has 190 valence electrons. The van der Waals surface area contributed by atoms with Gasteiger partial charge in [0.05, 0.1) is 23.3 Å². The monoisotopic (exact) mass is 524 g/mol. The first kappa shape index (κ1) is 25.2. The number of hydrogen-bond acceptors (Lipinski definition) is 4. The fourth-order valence-corrected chi connectivity index (χ4v) is 4.74. The standard InChI is InChI=1S/C30H25ClN4O3/c1-2-6-25(18-7-4-3-5-8-18)35-29(36)19-9-11-21(24(15-19)30(37)38)23-16-20(31)10-12-22(23)28-33-26-13-14-32-17-27(26)34-28/h3-5,7-17,25H,2,6H2,1H3,(H,33,34)(H,35,36)(H,37,38)/t25-/m1/s1. The van der Waals surface area contributed by atoms with E-state index in [-0.39, 0.29) is 23.1 Å². The van der Waals surface area contributed by atoms with Crippen molar-refractivity contribution >= 4 is 34.5 Å². The molecule has 7 nitrogen and oxygen atoms in total. The Balaban J connectivity index is 1.54. The molecule has 0 saturated carbocycles. The van der Waals surface area contributed by atoms with Gasteiger partial charge >= 0.3 is 5.97 Å². The van der Waals surface area contributed by atoms with Gasteiger partial charge in [0, 0.05) is 22.3 Å². The molecule has 3 N–H and O–H groups in total. The first-order valence-electron chi connectivity index (χ1n) is 12.3. The third-order valence-electron chi connectivity index (χ3n) is 6.41. The van der Waals surface area contributed by atoms with E-state index in [1.807, 2.05) is 36.4 Å². The van der Waals surface area contributed by atoms with Gasteiger partial charge < -0.3 is 15.4 Å². The van der Waals surface area contributed by atoms with Crippen LogP contribution >= 0.6 is 11.6 Å². The van der Waals surface area contributed by atoms with E-state index in [1.54, 1.807) is 42.7 Å². The van der Waals surface area contributed by atoms with Crippen LogP contribution in [-0.2, 0) is 0 Å². The maximum atomic E-state index is 13.2. The molecule has 0 radical (unpaired) electrons. The number of halogens is 1. The number of carboxylic acids is 1. The van der Waals surface area contributed by atoms with Crippen LogP contribution in [0.4, 0.5) is 0 Å². The molecule has 38 heavy (non-hydrogen) atoms. The fraction of sp³-hybridized carbons (Fsp3) is 0.133. The van der Waals surface area contributed by atoms with Crippen LogP contribution in [0.2, 0.25) is 5.02 Å². The van der Waals surface area contributed by atoms with Crippen LogP contribution in [0.15, 0.2) is 85.2 Å². The average molecular weight is 525 g/mol. The predicted molar refractivity (Wildman–Crippen MR) is 148 cm³/mol. The number of pyridine rings is 1. The van der Waals surface area contributed by atoms with Crippen molar-refractivity contribution in [2.75, 3.05) is 0 Å². The molecule has 0 fully saturated rings. The zero-order valence-electron chi connectivity index (χ0n) is 20.6. The predicted octanol–water partition coefficient (Wildman–Crippen LogP) is 6.91. The Bertz CT molecular complexity index is 1600. The Morgan fingerprint density at radius 1 is 1.00 bits per heavy atom. The summed E-state index contributed by atoms with van der Waals surface area (Å²) in [5, 5.41) is 13.6. The van der Waals surface area contributed by atoms with Crippen LogP contribution in [0.1, 0.15) is 52.1 Å². The van der Waals surface area contributed by atoms with E-state index >= 15 is 0 Å². The zero-order valence-corrected chi connectivity index (χ0v) is 21.4. The lowest BCUT2D eigenvalue weighted by Gasteiger charge is -2.19. The molecule has 0 saturated heterocycles. The highest BCUT2D eigenvalue weighted by Crippen LogP contribution is 2.36. The number of H-pyrrole nitrogens is 1. The minimum absolute atomic E-state index is 0.00861. The molecule has 2 aromatic heterocycles. The van der Waals surface area contributed by atoms with Gasteiger partial charge in [-0.3, -0.25) is 9.78 Å². The number of amides is 1. The van der Waals surface area contributed by atoms with E-state index < -0.39 is 5.97 Å². The summed E-state index contributed by atoms with van der Waals surface area (Å²) in [5.41, 5.74) is 4.45. The van der Waals surface area contributed by atoms with Crippen LogP contribution in [0, 0.1) is 0 Å². The van der Waals surface area contributed by atoms with Crippen molar-refractivity contribution in [2.24, 2.45) is 0 Å². The zero-order chi connectivity index (χ0) is 26.6. The molecule has 0 aliphatic rings. The number of imidazole rings is 1. The quantitative estimate of drug-likeness (QED) is 0.204. The summed E-state index contributed by atoms with van der Waals surface area (Å²) in [7, 11) is 0. The Labute approximate surface area is 224 Å². The van der Waals surface area contributed by atoms with Crippen LogP contribution in [0.3, 0.4) is 0 Å². The Morgan fingerprint density at radius 3 is 2.53 bits per heavy atom. The number of aromatic carboxylic acids is 1. The molecule has 1 atom stereocenters. The number of carbonyl (C=O) groups is 2. The van der Waals surface area contributed by atoms with Crippen molar-refractivity contribution in [2.45, 2.75) is 25.8 Å². The summed E-state index contributed by atoms with van der Waals surface area (Å²) in [6.07, 6.45) is 4.97. The van der Waals surface area contributed by atoms with Crippen LogP contribution in [0.5, 0.6) is 0 Å². The second-order valence-electron chi connectivity index (χ2n) is 8.96. The molecule has 0 unspecified atom stereocenters. The van der Waals surface area contributed by atoms with Crippen molar-refractivity contribution < 1.29 is 14.7 Å². The maximum absolute atomic E-state index is 13.2. The number of rotatable bonds is 8. The summed E-state index contributed by atoms with van der Waals surface area (Å²) in [5.74, 6) is -0.928. The SMILES string of the molecule is CCC[C@@H](NC(=O)c1ccc(-c2cc(Cl)ccc2-c2nc3cnccc3[nH]2)c(C(=O)O)c1)c1ccccc1. The summed E-state index contributed by atoms with van der Waals surface area (Å²) in [6, 6.07) is 21.3. The highest BCUT2D eigenvalue weighted by Gasteiger charge is 2.21. The Hall–Kier alpha value is -4.49. The largest absolute Gasteiger partial charge is 0.478 e. The molecule has 1 amide bonds. The van der Waals surface area contributed by atoms with E-state index in [1.165, 1.54) is 6.07 Å². The first-order chi connectivity index (χ1) is 18.4. The number of aromatic nitrogens is 3. The molecule has 0 bridgehead atoms. The van der Waals surface area contributed by atoms with Crippen molar-refractivity contribution in [1.82, 2.24) is 20.3 Å². The Kier molecular flexibility index (Phi) is 7.20. The van der Waals surface area contributed by atoms with E-state index in [2.05, 4.69) is 27.2 Å². The summed E-state index contributed by atoms with van der Waals surface area (Å²) in [6.45, 7) is 2.06. The van der Waals surface area contributed by atoms with Crippen molar-refractivity contribution in [1.29, 1.82) is 0 Å². The number of carboxylic acid groups (broad SMARTS) is 1. The second kappa shape index (κ2) is 10.9. The van der Waals surface area contributed by atoms with Gasteiger partial charge in [0.2, 0.25) is 0 Å². The molecule has 0 aliphatic carbocycles. The van der Waals surface area contributed by atoms with Crippen molar-refractivity contribution in [3.63, 3.8) is 0 Å². The molecule has 8 heteroatoms. The lowest BCUT2D eigenvalue weighted by atomic mass is 9.93. The van der Waals surface area contributed by atoms with E-state index in [0.717, 1.165) is 23.9 Å².